The molecule has 1 amide bonds. The number of benzene rings is 1. The number of nitrogens with zero attached hydrogens (tertiary/aromatic N) is 1. The molecular formula is C15H16N2O3. The molecule has 0 saturated carbocycles. The van der Waals surface area contributed by atoms with E-state index in [0.717, 1.165) is 16.5 Å². The van der Waals surface area contributed by atoms with Crippen LogP contribution >= 0.6 is 0 Å². The van der Waals surface area contributed by atoms with Crippen LogP contribution in [0.2, 0.25) is 0 Å². The fourth-order valence-corrected chi connectivity index (χ4v) is 2.06. The molecule has 0 bridgehead atoms. The molecule has 1 aromatic carbocycles. The quantitative estimate of drug-likeness (QED) is 0.665. The third-order valence-electron chi connectivity index (χ3n) is 2.85. The van der Waals surface area contributed by atoms with Crippen molar-refractivity contribution in [1.82, 2.24) is 4.57 Å². The number of aromatic nitrogens is 1. The second-order valence-corrected chi connectivity index (χ2v) is 4.27. The van der Waals surface area contributed by atoms with Gasteiger partial charge >= 0.3 is 5.97 Å². The number of carbonyl (C=O) groups is 2. The van der Waals surface area contributed by atoms with Crippen molar-refractivity contribution in [2.75, 3.05) is 6.61 Å². The molecular weight excluding hydrogens is 256 g/mol. The smallest absolute Gasteiger partial charge is 0.325 e. The summed E-state index contributed by atoms with van der Waals surface area (Å²) in [6, 6.07) is 7.64. The lowest BCUT2D eigenvalue weighted by molar-refractivity contribution is -0.143. The molecule has 0 aliphatic rings. The Hall–Kier alpha value is -2.56. The minimum Gasteiger partial charge on any atom is -0.465 e. The van der Waals surface area contributed by atoms with E-state index in [1.165, 1.54) is 6.08 Å². The molecule has 0 atom stereocenters. The number of carbonyl (C=O) groups excluding carboxylic acids is 2. The molecule has 0 aliphatic carbocycles. The molecule has 0 aliphatic heterocycles. The highest BCUT2D eigenvalue weighted by atomic mass is 16.5. The van der Waals surface area contributed by atoms with E-state index in [0.29, 0.717) is 6.61 Å². The van der Waals surface area contributed by atoms with Gasteiger partial charge in [-0.05, 0) is 19.1 Å². The zero-order valence-corrected chi connectivity index (χ0v) is 11.2. The van der Waals surface area contributed by atoms with Crippen LogP contribution in [0.5, 0.6) is 0 Å². The highest BCUT2D eigenvalue weighted by Gasteiger charge is 2.09. The summed E-state index contributed by atoms with van der Waals surface area (Å²) < 4.78 is 6.75. The Morgan fingerprint density at radius 3 is 2.80 bits per heavy atom. The van der Waals surface area contributed by atoms with Gasteiger partial charge in [0.15, 0.2) is 0 Å². The van der Waals surface area contributed by atoms with Crippen molar-refractivity contribution in [3.8, 4) is 0 Å². The van der Waals surface area contributed by atoms with Crippen LogP contribution < -0.4 is 5.73 Å². The van der Waals surface area contributed by atoms with Crippen molar-refractivity contribution >= 4 is 28.9 Å². The predicted molar refractivity (Wildman–Crippen MR) is 76.8 cm³/mol. The number of fused-ring (bicyclic) bond motifs is 1. The standard InChI is InChI=1S/C15H16N2O3/c1-2-20-15(19)10-17-9-11(7-8-14(16)18)12-5-3-4-6-13(12)17/h3-9H,2,10H2,1H3,(H2,16,18)/b8-7-. The van der Waals surface area contributed by atoms with Gasteiger partial charge in [-0.2, -0.15) is 0 Å². The van der Waals surface area contributed by atoms with Crippen LogP contribution in [0.4, 0.5) is 0 Å². The normalized spacial score (nSPS) is 11.1. The maximum absolute atomic E-state index is 11.6. The average molecular weight is 272 g/mol. The molecule has 2 rings (SSSR count). The van der Waals surface area contributed by atoms with Gasteiger partial charge in [-0.3, -0.25) is 9.59 Å². The van der Waals surface area contributed by atoms with Gasteiger partial charge in [0.2, 0.25) is 5.91 Å². The SMILES string of the molecule is CCOC(=O)Cn1cc(/C=C\C(N)=O)c2ccccc21. The minimum absolute atomic E-state index is 0.138. The van der Waals surface area contributed by atoms with Gasteiger partial charge in [-0.1, -0.05) is 18.2 Å². The van der Waals surface area contributed by atoms with Crippen LogP contribution in [0.3, 0.4) is 0 Å². The highest BCUT2D eigenvalue weighted by molar-refractivity contribution is 5.96. The van der Waals surface area contributed by atoms with E-state index in [2.05, 4.69) is 0 Å². The monoisotopic (exact) mass is 272 g/mol. The number of para-hydroxylation sites is 1. The van der Waals surface area contributed by atoms with Gasteiger partial charge in [0.25, 0.3) is 0 Å². The number of primary amides is 1. The maximum Gasteiger partial charge on any atom is 0.325 e. The molecule has 1 heterocycles. The summed E-state index contributed by atoms with van der Waals surface area (Å²) in [7, 11) is 0. The lowest BCUT2D eigenvalue weighted by atomic mass is 10.1. The molecule has 2 aromatic rings. The van der Waals surface area contributed by atoms with Crippen molar-refractivity contribution in [3.05, 3.63) is 42.1 Å². The van der Waals surface area contributed by atoms with E-state index < -0.39 is 5.91 Å². The molecule has 104 valence electrons. The van der Waals surface area contributed by atoms with E-state index in [9.17, 15) is 9.59 Å². The van der Waals surface area contributed by atoms with Crippen molar-refractivity contribution in [3.63, 3.8) is 0 Å². The Morgan fingerprint density at radius 2 is 2.10 bits per heavy atom. The predicted octanol–water partition coefficient (Wildman–Crippen LogP) is 1.70. The zero-order valence-electron chi connectivity index (χ0n) is 11.2. The molecule has 0 radical (unpaired) electrons. The number of hydrogen-bond donors (Lipinski definition) is 1. The zero-order chi connectivity index (χ0) is 14.5. The first-order valence-corrected chi connectivity index (χ1v) is 6.33. The van der Waals surface area contributed by atoms with E-state index in [-0.39, 0.29) is 12.5 Å². The lowest BCUT2D eigenvalue weighted by Crippen LogP contribution is -2.12. The Kier molecular flexibility index (Phi) is 4.20. The summed E-state index contributed by atoms with van der Waals surface area (Å²) in [5.41, 5.74) is 6.85. The highest BCUT2D eigenvalue weighted by Crippen LogP contribution is 2.22. The Labute approximate surface area is 116 Å². The molecule has 0 unspecified atom stereocenters. The maximum atomic E-state index is 11.6. The first-order chi connectivity index (χ1) is 9.61. The molecule has 20 heavy (non-hydrogen) atoms. The van der Waals surface area contributed by atoms with Crippen LogP contribution in [-0.4, -0.2) is 23.1 Å². The van der Waals surface area contributed by atoms with Crippen LogP contribution in [0.15, 0.2) is 36.5 Å². The topological polar surface area (TPSA) is 74.3 Å². The van der Waals surface area contributed by atoms with Crippen LogP contribution in [0.25, 0.3) is 17.0 Å². The van der Waals surface area contributed by atoms with Crippen molar-refractivity contribution in [1.29, 1.82) is 0 Å². The van der Waals surface area contributed by atoms with Gasteiger partial charge in [-0.25, -0.2) is 0 Å². The second-order valence-electron chi connectivity index (χ2n) is 4.27. The van der Waals surface area contributed by atoms with Gasteiger partial charge < -0.3 is 15.0 Å². The molecule has 5 nitrogen and oxygen atoms in total. The number of rotatable bonds is 5. The van der Waals surface area contributed by atoms with Gasteiger partial charge in [0.1, 0.15) is 6.54 Å². The fraction of sp³-hybridized carbons (Fsp3) is 0.200. The first-order valence-electron chi connectivity index (χ1n) is 6.33. The molecule has 2 N–H and O–H groups in total. The number of hydrogen-bond acceptors (Lipinski definition) is 3. The summed E-state index contributed by atoms with van der Waals surface area (Å²) in [5, 5.41) is 0.953. The fourth-order valence-electron chi connectivity index (χ4n) is 2.06. The largest absolute Gasteiger partial charge is 0.465 e. The van der Waals surface area contributed by atoms with Crippen molar-refractivity contribution < 1.29 is 14.3 Å². The summed E-state index contributed by atoms with van der Waals surface area (Å²) in [5.74, 6) is -0.800. The van der Waals surface area contributed by atoms with E-state index in [4.69, 9.17) is 10.5 Å². The summed E-state index contributed by atoms with van der Waals surface area (Å²) in [6.45, 7) is 2.26. The van der Waals surface area contributed by atoms with E-state index in [1.807, 2.05) is 24.3 Å². The Bertz CT molecular complexity index is 671. The van der Waals surface area contributed by atoms with Gasteiger partial charge in [0, 0.05) is 28.7 Å². The number of amides is 1. The second kappa shape index (κ2) is 6.06. The molecule has 0 spiro atoms. The number of nitrogens with two attached hydrogens (primary N) is 1. The summed E-state index contributed by atoms with van der Waals surface area (Å²) >= 11 is 0. The summed E-state index contributed by atoms with van der Waals surface area (Å²) in [6.07, 6.45) is 4.75. The van der Waals surface area contributed by atoms with Crippen LogP contribution in [-0.2, 0) is 20.9 Å². The minimum atomic E-state index is -0.507. The van der Waals surface area contributed by atoms with Crippen molar-refractivity contribution in [2.45, 2.75) is 13.5 Å². The third-order valence-corrected chi connectivity index (χ3v) is 2.85. The lowest BCUT2D eigenvalue weighted by Gasteiger charge is -2.04. The number of ether oxygens (including phenoxy) is 1. The number of esters is 1. The van der Waals surface area contributed by atoms with E-state index in [1.54, 1.807) is 23.8 Å². The molecule has 5 heteroatoms. The van der Waals surface area contributed by atoms with Crippen LogP contribution in [0, 0.1) is 0 Å². The Morgan fingerprint density at radius 1 is 1.35 bits per heavy atom. The average Bonchev–Trinajstić information content (AvgIpc) is 2.75. The first kappa shape index (κ1) is 13.9. The Balaban J connectivity index is 2.40. The third kappa shape index (κ3) is 3.06. The van der Waals surface area contributed by atoms with Crippen LogP contribution in [0.1, 0.15) is 12.5 Å². The molecule has 1 aromatic heterocycles. The summed E-state index contributed by atoms with van der Waals surface area (Å²) in [4.78, 5) is 22.4. The van der Waals surface area contributed by atoms with Crippen molar-refractivity contribution in [2.24, 2.45) is 5.73 Å². The van der Waals surface area contributed by atoms with Gasteiger partial charge in [-0.15, -0.1) is 0 Å². The molecule has 0 saturated heterocycles. The van der Waals surface area contributed by atoms with Gasteiger partial charge in [0.05, 0.1) is 6.61 Å². The van der Waals surface area contributed by atoms with E-state index >= 15 is 0 Å². The molecule has 0 fully saturated rings.